The molecule has 0 unspecified atom stereocenters. The smallest absolute Gasteiger partial charge is 0.387 e. The van der Waals surface area contributed by atoms with E-state index in [0.29, 0.717) is 18.6 Å². The summed E-state index contributed by atoms with van der Waals surface area (Å²) < 4.78 is 40.3. The SMILES string of the molecule is C=C1CCCN1CCO[C@@H]1C[C@H](c2ccccc2OC(F)F)n2c1nc1ccc(Br)cc12. The monoisotopic (exact) mass is 503 g/mol. The average molecular weight is 504 g/mol. The first-order valence-electron chi connectivity index (χ1n) is 10.8. The lowest BCUT2D eigenvalue weighted by atomic mass is 10.0. The molecule has 1 saturated heterocycles. The Morgan fingerprint density at radius 1 is 1.22 bits per heavy atom. The number of hydrogen-bond donors (Lipinski definition) is 0. The van der Waals surface area contributed by atoms with Crippen LogP contribution < -0.4 is 4.74 Å². The summed E-state index contributed by atoms with van der Waals surface area (Å²) >= 11 is 3.54. The second kappa shape index (κ2) is 8.83. The second-order valence-electron chi connectivity index (χ2n) is 8.16. The number of nitrogens with zero attached hydrogens (tertiary/aromatic N) is 3. The molecule has 3 heterocycles. The maximum Gasteiger partial charge on any atom is 0.387 e. The summed E-state index contributed by atoms with van der Waals surface area (Å²) in [7, 11) is 0. The number of rotatable bonds is 7. The summed E-state index contributed by atoms with van der Waals surface area (Å²) in [6.45, 7) is 3.59. The second-order valence-corrected chi connectivity index (χ2v) is 9.07. The van der Waals surface area contributed by atoms with Crippen molar-refractivity contribution >= 4 is 27.0 Å². The van der Waals surface area contributed by atoms with Crippen LogP contribution in [0.25, 0.3) is 11.0 Å². The molecule has 2 aliphatic rings. The highest BCUT2D eigenvalue weighted by Crippen LogP contribution is 2.45. The van der Waals surface area contributed by atoms with Crippen LogP contribution >= 0.6 is 15.9 Å². The minimum Gasteiger partial charge on any atom is -0.434 e. The van der Waals surface area contributed by atoms with Crippen molar-refractivity contribution < 1.29 is 18.3 Å². The maximum absolute atomic E-state index is 13.1. The highest BCUT2D eigenvalue weighted by Gasteiger charge is 2.37. The molecule has 8 heteroatoms. The van der Waals surface area contributed by atoms with E-state index in [1.807, 2.05) is 30.3 Å². The van der Waals surface area contributed by atoms with Crippen LogP contribution in [0.2, 0.25) is 0 Å². The fraction of sp³-hybridized carbons (Fsp3) is 0.375. The van der Waals surface area contributed by atoms with Crippen molar-refractivity contribution in [1.82, 2.24) is 14.5 Å². The van der Waals surface area contributed by atoms with Crippen molar-refractivity contribution in [1.29, 1.82) is 0 Å². The summed E-state index contributed by atoms with van der Waals surface area (Å²) in [4.78, 5) is 7.11. The third kappa shape index (κ3) is 4.01. The molecule has 0 N–H and O–H groups in total. The highest BCUT2D eigenvalue weighted by molar-refractivity contribution is 9.10. The van der Waals surface area contributed by atoms with E-state index in [4.69, 9.17) is 14.5 Å². The molecule has 3 aromatic rings. The number of para-hydroxylation sites is 1. The molecule has 0 radical (unpaired) electrons. The number of fused-ring (bicyclic) bond motifs is 3. The van der Waals surface area contributed by atoms with Crippen LogP contribution in [-0.2, 0) is 4.74 Å². The van der Waals surface area contributed by atoms with Crippen LogP contribution in [0.5, 0.6) is 5.75 Å². The molecule has 2 aromatic carbocycles. The lowest BCUT2D eigenvalue weighted by Gasteiger charge is -2.21. The topological polar surface area (TPSA) is 39.5 Å². The minimum atomic E-state index is -2.88. The first-order chi connectivity index (χ1) is 15.5. The fourth-order valence-corrected chi connectivity index (χ4v) is 5.14. The normalized spacial score (nSPS) is 20.5. The summed E-state index contributed by atoms with van der Waals surface area (Å²) in [5, 5.41) is 0. The number of halogens is 3. The molecule has 32 heavy (non-hydrogen) atoms. The first kappa shape index (κ1) is 21.4. The Morgan fingerprint density at radius 3 is 2.84 bits per heavy atom. The zero-order chi connectivity index (χ0) is 22.2. The van der Waals surface area contributed by atoms with Gasteiger partial charge in [0, 0.05) is 35.2 Å². The van der Waals surface area contributed by atoms with Crippen molar-refractivity contribution in [2.24, 2.45) is 0 Å². The van der Waals surface area contributed by atoms with Crippen LogP contribution in [0.15, 0.2) is 59.2 Å². The number of alkyl halides is 2. The number of ether oxygens (including phenoxy) is 2. The third-order valence-electron chi connectivity index (χ3n) is 6.23. The van der Waals surface area contributed by atoms with E-state index in [2.05, 4.69) is 32.0 Å². The Hall–Kier alpha value is -2.45. The van der Waals surface area contributed by atoms with E-state index in [1.54, 1.807) is 12.1 Å². The molecule has 0 bridgehead atoms. The Morgan fingerprint density at radius 2 is 2.06 bits per heavy atom. The van der Waals surface area contributed by atoms with Gasteiger partial charge in [-0.2, -0.15) is 8.78 Å². The predicted molar refractivity (Wildman–Crippen MR) is 122 cm³/mol. The van der Waals surface area contributed by atoms with Crippen molar-refractivity contribution in [3.05, 3.63) is 70.6 Å². The van der Waals surface area contributed by atoms with Gasteiger partial charge in [0.2, 0.25) is 0 Å². The maximum atomic E-state index is 13.1. The molecular formula is C24H24BrF2N3O2. The van der Waals surface area contributed by atoms with Gasteiger partial charge >= 0.3 is 6.61 Å². The summed E-state index contributed by atoms with van der Waals surface area (Å²) in [5.41, 5.74) is 3.65. The van der Waals surface area contributed by atoms with E-state index >= 15 is 0 Å². The molecule has 2 atom stereocenters. The molecule has 168 valence electrons. The van der Waals surface area contributed by atoms with Gasteiger partial charge in [-0.25, -0.2) is 4.98 Å². The van der Waals surface area contributed by atoms with Gasteiger partial charge in [0.15, 0.2) is 0 Å². The van der Waals surface area contributed by atoms with E-state index in [0.717, 1.165) is 53.0 Å². The molecule has 0 amide bonds. The Kier molecular flexibility index (Phi) is 5.90. The van der Waals surface area contributed by atoms with Gasteiger partial charge in [0.1, 0.15) is 17.7 Å². The quantitative estimate of drug-likeness (QED) is 0.392. The standard InChI is InChI=1S/C24H24BrF2N3O2/c1-15-5-4-10-29(15)11-12-31-22-14-19(17-6-2-3-7-21(17)32-24(26)27)30-20-13-16(25)8-9-18(20)28-23(22)30/h2-3,6-9,13,19,22,24H,1,4-5,10-12,14H2/t19-,22-/m1/s1. The van der Waals surface area contributed by atoms with Gasteiger partial charge in [-0.3, -0.25) is 0 Å². The van der Waals surface area contributed by atoms with Crippen molar-refractivity contribution in [2.75, 3.05) is 19.7 Å². The Bertz CT molecular complexity index is 1150. The van der Waals surface area contributed by atoms with E-state index in [9.17, 15) is 8.78 Å². The average Bonchev–Trinajstić information content (AvgIpc) is 3.43. The van der Waals surface area contributed by atoms with Crippen LogP contribution in [0.1, 0.15) is 42.8 Å². The van der Waals surface area contributed by atoms with Crippen LogP contribution in [0.4, 0.5) is 8.78 Å². The summed E-state index contributed by atoms with van der Waals surface area (Å²) in [6, 6.07) is 12.7. The molecule has 1 fully saturated rings. The zero-order valence-corrected chi connectivity index (χ0v) is 19.1. The number of hydrogen-bond acceptors (Lipinski definition) is 4. The summed E-state index contributed by atoms with van der Waals surface area (Å²) in [5.74, 6) is 1.000. The molecular weight excluding hydrogens is 480 g/mol. The number of benzene rings is 2. The first-order valence-corrected chi connectivity index (χ1v) is 11.6. The summed E-state index contributed by atoms with van der Waals surface area (Å²) in [6.07, 6.45) is 2.55. The largest absolute Gasteiger partial charge is 0.434 e. The van der Waals surface area contributed by atoms with E-state index in [1.165, 1.54) is 0 Å². The van der Waals surface area contributed by atoms with Crippen LogP contribution in [0.3, 0.4) is 0 Å². The predicted octanol–water partition coefficient (Wildman–Crippen LogP) is 6.06. The molecule has 5 nitrogen and oxygen atoms in total. The Balaban J connectivity index is 1.48. The lowest BCUT2D eigenvalue weighted by molar-refractivity contribution is -0.0507. The van der Waals surface area contributed by atoms with Crippen molar-refractivity contribution in [3.8, 4) is 5.75 Å². The molecule has 1 aromatic heterocycles. The minimum absolute atomic E-state index is 0.185. The Labute approximate surface area is 193 Å². The van der Waals surface area contributed by atoms with Gasteiger partial charge in [0.25, 0.3) is 0 Å². The van der Waals surface area contributed by atoms with Gasteiger partial charge in [0.05, 0.1) is 23.7 Å². The number of likely N-dealkylation sites (tertiary alicyclic amines) is 1. The lowest BCUT2D eigenvalue weighted by Crippen LogP contribution is -2.23. The van der Waals surface area contributed by atoms with E-state index < -0.39 is 6.61 Å². The van der Waals surface area contributed by atoms with Crippen LogP contribution in [-0.4, -0.2) is 40.8 Å². The van der Waals surface area contributed by atoms with Crippen molar-refractivity contribution in [3.63, 3.8) is 0 Å². The van der Waals surface area contributed by atoms with Gasteiger partial charge < -0.3 is 18.9 Å². The third-order valence-corrected chi connectivity index (χ3v) is 6.72. The van der Waals surface area contributed by atoms with Gasteiger partial charge in [-0.15, -0.1) is 0 Å². The number of imidazole rings is 1. The van der Waals surface area contributed by atoms with E-state index in [-0.39, 0.29) is 17.9 Å². The number of aromatic nitrogens is 2. The molecule has 0 spiro atoms. The molecule has 0 aliphatic carbocycles. The molecule has 0 saturated carbocycles. The number of allylic oxidation sites excluding steroid dienone is 1. The zero-order valence-electron chi connectivity index (χ0n) is 17.5. The highest BCUT2D eigenvalue weighted by atomic mass is 79.9. The van der Waals surface area contributed by atoms with Crippen LogP contribution in [0, 0.1) is 0 Å². The van der Waals surface area contributed by atoms with Gasteiger partial charge in [-0.05, 0) is 37.1 Å². The fourth-order valence-electron chi connectivity index (χ4n) is 4.79. The van der Waals surface area contributed by atoms with Gasteiger partial charge in [-0.1, -0.05) is 40.7 Å². The molecule has 5 rings (SSSR count). The van der Waals surface area contributed by atoms with Crippen molar-refractivity contribution in [2.45, 2.75) is 38.0 Å². The molecule has 2 aliphatic heterocycles.